The monoisotopic (exact) mass is 328 g/mol. The topological polar surface area (TPSA) is 49.4 Å². The molecule has 0 aliphatic heterocycles. The Labute approximate surface area is 131 Å². The molecule has 1 aromatic rings. The fraction of sp³-hybridized carbons (Fsp3) is 0.600. The highest BCUT2D eigenvalue weighted by molar-refractivity contribution is 7.91. The van der Waals surface area contributed by atoms with E-state index in [4.69, 9.17) is 0 Å². The Hall–Kier alpha value is -0.690. The highest BCUT2D eigenvalue weighted by Crippen LogP contribution is 2.26. The molecule has 1 N–H and O–H groups in total. The zero-order chi connectivity index (χ0) is 15.3. The lowest BCUT2D eigenvalue weighted by Gasteiger charge is -2.18. The Balaban J connectivity index is 2.00. The van der Waals surface area contributed by atoms with Crippen molar-refractivity contribution < 1.29 is 8.42 Å². The van der Waals surface area contributed by atoms with E-state index in [1.54, 1.807) is 12.1 Å². The lowest BCUT2D eigenvalue weighted by Crippen LogP contribution is -2.31. The van der Waals surface area contributed by atoms with Gasteiger partial charge in [-0.25, -0.2) is 8.42 Å². The summed E-state index contributed by atoms with van der Waals surface area (Å²) >= 11 is 1.39. The second kappa shape index (κ2) is 7.54. The minimum atomic E-state index is -3.37. The Morgan fingerprint density at radius 3 is 2.86 bits per heavy atom. The summed E-state index contributed by atoms with van der Waals surface area (Å²) in [5.41, 5.74) is 0. The van der Waals surface area contributed by atoms with Crippen molar-refractivity contribution in [1.29, 1.82) is 0 Å². The maximum atomic E-state index is 12.6. The number of thiophene rings is 1. The normalized spacial score (nSPS) is 15.5. The van der Waals surface area contributed by atoms with Crippen molar-refractivity contribution in [1.82, 2.24) is 9.62 Å². The Morgan fingerprint density at radius 1 is 1.48 bits per heavy atom. The van der Waals surface area contributed by atoms with Gasteiger partial charge in [-0.05, 0) is 37.8 Å². The van der Waals surface area contributed by atoms with Gasteiger partial charge in [-0.1, -0.05) is 13.0 Å². The molecule has 0 amide bonds. The first-order valence-corrected chi connectivity index (χ1v) is 9.76. The first-order chi connectivity index (χ1) is 10.1. The maximum absolute atomic E-state index is 12.6. The molecule has 0 spiro atoms. The standard InChI is InChI=1S/C15H24N2O2S2/c1-3-11-17(12-4-2)21(18,19)15-8-7-14(20-15)9-10-16-13-5-6-13/h3,7-8,13,16H,1,4-6,9-12H2,2H3. The Kier molecular flexibility index (Phi) is 5.98. The molecule has 0 saturated heterocycles. The molecule has 2 rings (SSSR count). The van der Waals surface area contributed by atoms with E-state index >= 15 is 0 Å². The fourth-order valence-corrected chi connectivity index (χ4v) is 5.16. The van der Waals surface area contributed by atoms with E-state index in [0.717, 1.165) is 24.3 Å². The van der Waals surface area contributed by atoms with Crippen molar-refractivity contribution in [3.8, 4) is 0 Å². The van der Waals surface area contributed by atoms with Gasteiger partial charge in [0, 0.05) is 30.6 Å². The molecule has 0 aromatic carbocycles. The van der Waals surface area contributed by atoms with Crippen LogP contribution in [0.2, 0.25) is 0 Å². The lowest BCUT2D eigenvalue weighted by molar-refractivity contribution is 0.443. The van der Waals surface area contributed by atoms with Crippen molar-refractivity contribution >= 4 is 21.4 Å². The highest BCUT2D eigenvalue weighted by atomic mass is 32.2. The summed E-state index contributed by atoms with van der Waals surface area (Å²) in [6, 6.07) is 4.36. The van der Waals surface area contributed by atoms with Gasteiger partial charge < -0.3 is 5.32 Å². The lowest BCUT2D eigenvalue weighted by atomic mass is 10.3. The van der Waals surface area contributed by atoms with Crippen LogP contribution in [-0.2, 0) is 16.4 Å². The molecule has 0 radical (unpaired) electrons. The molecule has 1 aliphatic carbocycles. The Morgan fingerprint density at radius 2 is 2.24 bits per heavy atom. The average molecular weight is 329 g/mol. The second-order valence-corrected chi connectivity index (χ2v) is 8.68. The molecular weight excluding hydrogens is 304 g/mol. The first-order valence-electron chi connectivity index (χ1n) is 7.51. The van der Waals surface area contributed by atoms with Gasteiger partial charge in [-0.15, -0.1) is 17.9 Å². The van der Waals surface area contributed by atoms with Crippen molar-refractivity contribution in [3.63, 3.8) is 0 Å². The fourth-order valence-electron chi connectivity index (χ4n) is 2.15. The number of hydrogen-bond donors (Lipinski definition) is 1. The van der Waals surface area contributed by atoms with Gasteiger partial charge in [0.1, 0.15) is 4.21 Å². The number of rotatable bonds is 10. The zero-order valence-corrected chi connectivity index (χ0v) is 14.2. The van der Waals surface area contributed by atoms with Crippen molar-refractivity contribution in [2.45, 2.75) is 42.9 Å². The van der Waals surface area contributed by atoms with Crippen molar-refractivity contribution in [3.05, 3.63) is 29.7 Å². The highest BCUT2D eigenvalue weighted by Gasteiger charge is 2.24. The molecule has 0 atom stereocenters. The van der Waals surface area contributed by atoms with Crippen LogP contribution in [0.4, 0.5) is 0 Å². The van der Waals surface area contributed by atoms with Crippen LogP contribution in [0, 0.1) is 0 Å². The van der Waals surface area contributed by atoms with Gasteiger partial charge in [0.2, 0.25) is 0 Å². The predicted octanol–water partition coefficient (Wildman–Crippen LogP) is 2.63. The summed E-state index contributed by atoms with van der Waals surface area (Å²) in [4.78, 5) is 1.12. The van der Waals surface area contributed by atoms with Crippen LogP contribution >= 0.6 is 11.3 Å². The molecule has 6 heteroatoms. The predicted molar refractivity (Wildman–Crippen MR) is 88.3 cm³/mol. The van der Waals surface area contributed by atoms with E-state index in [-0.39, 0.29) is 0 Å². The van der Waals surface area contributed by atoms with Crippen LogP contribution in [0.3, 0.4) is 0 Å². The third-order valence-electron chi connectivity index (χ3n) is 3.42. The SMILES string of the molecule is C=CCN(CCC)S(=O)(=O)c1ccc(CCNC2CC2)s1. The molecule has 1 aliphatic rings. The van der Waals surface area contributed by atoms with E-state index < -0.39 is 10.0 Å². The molecule has 1 fully saturated rings. The molecule has 1 heterocycles. The molecule has 4 nitrogen and oxygen atoms in total. The summed E-state index contributed by atoms with van der Waals surface area (Å²) in [7, 11) is -3.37. The van der Waals surface area contributed by atoms with Crippen LogP contribution in [-0.4, -0.2) is 38.4 Å². The maximum Gasteiger partial charge on any atom is 0.252 e. The quantitative estimate of drug-likeness (QED) is 0.672. The largest absolute Gasteiger partial charge is 0.314 e. The van der Waals surface area contributed by atoms with Gasteiger partial charge in [-0.3, -0.25) is 0 Å². The van der Waals surface area contributed by atoms with Crippen LogP contribution in [0.5, 0.6) is 0 Å². The first kappa shape index (κ1) is 16.7. The third kappa shape index (κ3) is 4.64. The molecule has 118 valence electrons. The van der Waals surface area contributed by atoms with E-state index in [2.05, 4.69) is 11.9 Å². The zero-order valence-electron chi connectivity index (χ0n) is 12.5. The average Bonchev–Trinajstić information content (AvgIpc) is 3.14. The van der Waals surface area contributed by atoms with Crippen LogP contribution in [0.1, 0.15) is 31.1 Å². The molecule has 0 bridgehead atoms. The summed E-state index contributed by atoms with van der Waals surface area (Å²) in [6.07, 6.45) is 5.89. The molecule has 0 unspecified atom stereocenters. The number of nitrogens with zero attached hydrogens (tertiary/aromatic N) is 1. The van der Waals surface area contributed by atoms with Crippen LogP contribution in [0.25, 0.3) is 0 Å². The van der Waals surface area contributed by atoms with E-state index in [0.29, 0.717) is 23.3 Å². The van der Waals surface area contributed by atoms with E-state index in [9.17, 15) is 8.42 Å². The number of nitrogens with one attached hydrogen (secondary N) is 1. The van der Waals surface area contributed by atoms with Gasteiger partial charge in [0.25, 0.3) is 10.0 Å². The smallest absolute Gasteiger partial charge is 0.252 e. The number of sulfonamides is 1. The number of hydrogen-bond acceptors (Lipinski definition) is 4. The van der Waals surface area contributed by atoms with Gasteiger partial charge in [0.05, 0.1) is 0 Å². The minimum Gasteiger partial charge on any atom is -0.314 e. The molecule has 1 aromatic heterocycles. The Bertz CT molecular complexity index is 562. The molecule has 1 saturated carbocycles. The molecular formula is C15H24N2O2S2. The van der Waals surface area contributed by atoms with Gasteiger partial charge in [-0.2, -0.15) is 4.31 Å². The third-order valence-corrected chi connectivity index (χ3v) is 6.90. The van der Waals surface area contributed by atoms with Crippen molar-refractivity contribution in [2.75, 3.05) is 19.6 Å². The second-order valence-electron chi connectivity index (χ2n) is 5.35. The summed E-state index contributed by atoms with van der Waals surface area (Å²) < 4.78 is 27.1. The van der Waals surface area contributed by atoms with Crippen LogP contribution < -0.4 is 5.32 Å². The van der Waals surface area contributed by atoms with Gasteiger partial charge in [0.15, 0.2) is 0 Å². The minimum absolute atomic E-state index is 0.368. The van der Waals surface area contributed by atoms with E-state index in [1.807, 2.05) is 13.0 Å². The summed E-state index contributed by atoms with van der Waals surface area (Å²) in [6.45, 7) is 7.46. The molecule has 21 heavy (non-hydrogen) atoms. The van der Waals surface area contributed by atoms with Crippen LogP contribution in [0.15, 0.2) is 29.0 Å². The summed E-state index contributed by atoms with van der Waals surface area (Å²) in [5.74, 6) is 0. The van der Waals surface area contributed by atoms with E-state index in [1.165, 1.54) is 28.5 Å². The van der Waals surface area contributed by atoms with Gasteiger partial charge >= 0.3 is 0 Å². The van der Waals surface area contributed by atoms with Crippen molar-refractivity contribution in [2.24, 2.45) is 0 Å². The summed E-state index contributed by atoms with van der Waals surface area (Å²) in [5, 5.41) is 3.45.